The first kappa shape index (κ1) is 14.9. The highest BCUT2D eigenvalue weighted by Gasteiger charge is 2.22. The van der Waals surface area contributed by atoms with Crippen LogP contribution >= 0.6 is 0 Å². The fraction of sp³-hybridized carbons (Fsp3) is 0.643. The first-order chi connectivity index (χ1) is 9.70. The van der Waals surface area contributed by atoms with Crippen molar-refractivity contribution in [3.8, 4) is 0 Å². The molecule has 0 spiro atoms. The zero-order chi connectivity index (χ0) is 14.4. The zero-order valence-corrected chi connectivity index (χ0v) is 11.9. The summed E-state index contributed by atoms with van der Waals surface area (Å²) in [6, 6.07) is 0. The molecule has 110 valence electrons. The normalized spacial score (nSPS) is 19.8. The second kappa shape index (κ2) is 7.31. The van der Waals surface area contributed by atoms with E-state index in [2.05, 4.69) is 14.9 Å². The molecule has 0 radical (unpaired) electrons. The van der Waals surface area contributed by atoms with Crippen molar-refractivity contribution in [1.29, 1.82) is 0 Å². The van der Waals surface area contributed by atoms with Crippen LogP contribution in [-0.2, 0) is 0 Å². The molecule has 0 saturated carbocycles. The molecule has 1 N–H and O–H groups in total. The lowest BCUT2D eigenvalue weighted by atomic mass is 9.97. The smallest absolute Gasteiger partial charge is 0.256 e. The molecule has 6 nitrogen and oxygen atoms in total. The molecule has 1 unspecified atom stereocenters. The average Bonchev–Trinajstić information content (AvgIpc) is 2.48. The third-order valence-electron chi connectivity index (χ3n) is 3.71. The fourth-order valence-corrected chi connectivity index (χ4v) is 2.74. The molecule has 6 heteroatoms. The summed E-state index contributed by atoms with van der Waals surface area (Å²) in [5.41, 5.74) is 0.526. The quantitative estimate of drug-likeness (QED) is 0.836. The van der Waals surface area contributed by atoms with Crippen LogP contribution in [0.4, 0.5) is 0 Å². The molecule has 1 atom stereocenters. The number of carbonyl (C=O) groups is 1. The molecular formula is C14H22N4O2. The number of β-amino-alcohol motifs (C(OH)–C–C–N with tert-alkyl or cyclic N) is 1. The Morgan fingerprint density at radius 1 is 1.50 bits per heavy atom. The van der Waals surface area contributed by atoms with E-state index in [0.717, 1.165) is 39.0 Å². The molecule has 20 heavy (non-hydrogen) atoms. The van der Waals surface area contributed by atoms with Gasteiger partial charge < -0.3 is 14.9 Å². The third-order valence-corrected chi connectivity index (χ3v) is 3.71. The van der Waals surface area contributed by atoms with Crippen LogP contribution in [0.1, 0.15) is 23.2 Å². The van der Waals surface area contributed by atoms with Crippen molar-refractivity contribution in [3.63, 3.8) is 0 Å². The molecule has 2 rings (SSSR count). The summed E-state index contributed by atoms with van der Waals surface area (Å²) < 4.78 is 0. The van der Waals surface area contributed by atoms with Gasteiger partial charge in [-0.15, -0.1) is 0 Å². The first-order valence-electron chi connectivity index (χ1n) is 7.04. The highest BCUT2D eigenvalue weighted by atomic mass is 16.3. The van der Waals surface area contributed by atoms with Gasteiger partial charge in [0.25, 0.3) is 5.91 Å². The molecule has 1 aliphatic rings. The maximum absolute atomic E-state index is 12.2. The van der Waals surface area contributed by atoms with Gasteiger partial charge in [0.05, 0.1) is 12.2 Å². The molecule has 1 aromatic rings. The summed E-state index contributed by atoms with van der Waals surface area (Å²) >= 11 is 0. The van der Waals surface area contributed by atoms with E-state index >= 15 is 0 Å². The second-order valence-electron chi connectivity index (χ2n) is 5.35. The predicted octanol–water partition coefficient (Wildman–Crippen LogP) is 0.253. The monoisotopic (exact) mass is 278 g/mol. The van der Waals surface area contributed by atoms with Crippen LogP contribution in [-0.4, -0.2) is 70.6 Å². The van der Waals surface area contributed by atoms with Crippen LogP contribution < -0.4 is 0 Å². The molecule has 1 fully saturated rings. The Morgan fingerprint density at radius 2 is 2.25 bits per heavy atom. The highest BCUT2D eigenvalue weighted by molar-refractivity contribution is 5.93. The number of likely N-dealkylation sites (tertiary alicyclic amines) is 1. The van der Waals surface area contributed by atoms with Crippen molar-refractivity contribution >= 4 is 5.91 Å². The van der Waals surface area contributed by atoms with Crippen molar-refractivity contribution in [2.45, 2.75) is 12.8 Å². The first-order valence-corrected chi connectivity index (χ1v) is 7.04. The van der Waals surface area contributed by atoms with E-state index in [0.29, 0.717) is 11.5 Å². The van der Waals surface area contributed by atoms with Crippen molar-refractivity contribution in [3.05, 3.63) is 24.3 Å². The summed E-state index contributed by atoms with van der Waals surface area (Å²) in [5, 5.41) is 9.00. The van der Waals surface area contributed by atoms with Crippen molar-refractivity contribution in [2.24, 2.45) is 5.92 Å². The number of nitrogens with zero attached hydrogens (tertiary/aromatic N) is 4. The van der Waals surface area contributed by atoms with Crippen molar-refractivity contribution in [2.75, 3.05) is 39.8 Å². The number of hydrogen-bond donors (Lipinski definition) is 1. The maximum atomic E-state index is 12.2. The van der Waals surface area contributed by atoms with Crippen LogP contribution in [0, 0.1) is 5.92 Å². The van der Waals surface area contributed by atoms with Gasteiger partial charge in [-0.2, -0.15) is 0 Å². The maximum Gasteiger partial charge on any atom is 0.256 e. The molecule has 1 aliphatic heterocycles. The lowest BCUT2D eigenvalue weighted by Crippen LogP contribution is -2.42. The number of piperidine rings is 1. The van der Waals surface area contributed by atoms with Crippen LogP contribution in [0.5, 0.6) is 0 Å². The van der Waals surface area contributed by atoms with E-state index in [-0.39, 0.29) is 12.5 Å². The van der Waals surface area contributed by atoms with Crippen molar-refractivity contribution < 1.29 is 9.90 Å². The number of aromatic nitrogens is 2. The van der Waals surface area contributed by atoms with Crippen LogP contribution in [0.25, 0.3) is 0 Å². The van der Waals surface area contributed by atoms with Crippen molar-refractivity contribution in [1.82, 2.24) is 19.8 Å². The predicted molar refractivity (Wildman–Crippen MR) is 75.2 cm³/mol. The van der Waals surface area contributed by atoms with Gasteiger partial charge in [0, 0.05) is 39.1 Å². The van der Waals surface area contributed by atoms with Crippen LogP contribution in [0.2, 0.25) is 0 Å². The number of rotatable bonds is 5. The topological polar surface area (TPSA) is 69.6 Å². The summed E-state index contributed by atoms with van der Waals surface area (Å²) in [5.74, 6) is 0.429. The van der Waals surface area contributed by atoms with Crippen LogP contribution in [0.3, 0.4) is 0 Å². The lowest BCUT2D eigenvalue weighted by Gasteiger charge is -2.34. The molecule has 1 saturated heterocycles. The number of carbonyl (C=O) groups excluding carboxylic acids is 1. The molecule has 0 aliphatic carbocycles. The van der Waals surface area contributed by atoms with Gasteiger partial charge in [0.1, 0.15) is 6.33 Å². The Hall–Kier alpha value is -1.53. The average molecular weight is 278 g/mol. The van der Waals surface area contributed by atoms with Gasteiger partial charge in [-0.05, 0) is 25.3 Å². The molecule has 1 amide bonds. The van der Waals surface area contributed by atoms with E-state index < -0.39 is 0 Å². The van der Waals surface area contributed by atoms with Gasteiger partial charge in [-0.25, -0.2) is 9.97 Å². The Bertz CT molecular complexity index is 424. The molecule has 2 heterocycles. The number of amides is 1. The van der Waals surface area contributed by atoms with E-state index in [1.54, 1.807) is 17.3 Å². The summed E-state index contributed by atoms with van der Waals surface area (Å²) in [6.45, 7) is 3.64. The molecule has 1 aromatic heterocycles. The van der Waals surface area contributed by atoms with Gasteiger partial charge >= 0.3 is 0 Å². The standard InChI is InChI=1S/C14H22N4O2/c1-17(14(20)13-7-15-11-16-8-13)9-12-3-2-4-18(10-12)5-6-19/h7-8,11-12,19H,2-6,9-10H2,1H3. The van der Waals surface area contributed by atoms with E-state index in [1.165, 1.54) is 6.33 Å². The fourth-order valence-electron chi connectivity index (χ4n) is 2.74. The van der Waals surface area contributed by atoms with E-state index in [9.17, 15) is 4.79 Å². The minimum absolute atomic E-state index is 0.0371. The van der Waals surface area contributed by atoms with Gasteiger partial charge in [0.15, 0.2) is 0 Å². The Kier molecular flexibility index (Phi) is 5.43. The Balaban J connectivity index is 1.87. The second-order valence-corrected chi connectivity index (χ2v) is 5.35. The third kappa shape index (κ3) is 3.98. The highest BCUT2D eigenvalue weighted by Crippen LogP contribution is 2.17. The number of aliphatic hydroxyl groups excluding tert-OH is 1. The van der Waals surface area contributed by atoms with Gasteiger partial charge in [0.2, 0.25) is 0 Å². The van der Waals surface area contributed by atoms with Gasteiger partial charge in [-0.1, -0.05) is 0 Å². The Labute approximate surface area is 119 Å². The Morgan fingerprint density at radius 3 is 2.95 bits per heavy atom. The van der Waals surface area contributed by atoms with E-state index in [4.69, 9.17) is 5.11 Å². The summed E-state index contributed by atoms with van der Waals surface area (Å²) in [6.07, 6.45) is 6.77. The minimum atomic E-state index is -0.0371. The SMILES string of the molecule is CN(CC1CCCN(CCO)C1)C(=O)c1cncnc1. The number of hydrogen-bond acceptors (Lipinski definition) is 5. The van der Waals surface area contributed by atoms with Gasteiger partial charge in [-0.3, -0.25) is 4.79 Å². The summed E-state index contributed by atoms with van der Waals surface area (Å²) in [4.78, 5) is 24.0. The number of aliphatic hydroxyl groups is 1. The zero-order valence-electron chi connectivity index (χ0n) is 11.9. The lowest BCUT2D eigenvalue weighted by molar-refractivity contribution is 0.0715. The minimum Gasteiger partial charge on any atom is -0.395 e. The van der Waals surface area contributed by atoms with Crippen LogP contribution in [0.15, 0.2) is 18.7 Å². The molecule has 0 bridgehead atoms. The summed E-state index contributed by atoms with van der Waals surface area (Å²) in [7, 11) is 1.82. The molecular weight excluding hydrogens is 256 g/mol. The molecule has 0 aromatic carbocycles. The largest absolute Gasteiger partial charge is 0.395 e. The van der Waals surface area contributed by atoms with E-state index in [1.807, 2.05) is 7.05 Å².